The van der Waals surface area contributed by atoms with Crippen molar-refractivity contribution >= 4 is 5.97 Å². The molecule has 0 saturated heterocycles. The van der Waals surface area contributed by atoms with Gasteiger partial charge in [0, 0.05) is 11.3 Å². The number of rotatable bonds is 5. The summed E-state index contributed by atoms with van der Waals surface area (Å²) in [5.74, 6) is 3.54. The molecule has 3 nitrogen and oxygen atoms in total. The van der Waals surface area contributed by atoms with Crippen molar-refractivity contribution in [2.45, 2.75) is 105 Å². The first-order valence-electron chi connectivity index (χ1n) is 12.3. The second-order valence-corrected chi connectivity index (χ2v) is 11.7. The lowest BCUT2D eigenvalue weighted by molar-refractivity contribution is -0.159. The van der Waals surface area contributed by atoms with Gasteiger partial charge in [-0.15, -0.1) is 0 Å². The van der Waals surface area contributed by atoms with Crippen molar-refractivity contribution < 1.29 is 14.6 Å². The van der Waals surface area contributed by atoms with E-state index in [1.807, 2.05) is 0 Å². The number of hydrogen-bond acceptors (Lipinski definition) is 3. The van der Waals surface area contributed by atoms with Crippen LogP contribution in [0.5, 0.6) is 0 Å². The highest BCUT2D eigenvalue weighted by Gasteiger charge is 2.59. The van der Waals surface area contributed by atoms with E-state index in [0.717, 1.165) is 42.8 Å². The average Bonchev–Trinajstić information content (AvgIpc) is 3.00. The van der Waals surface area contributed by atoms with Crippen molar-refractivity contribution in [3.63, 3.8) is 0 Å². The van der Waals surface area contributed by atoms with E-state index in [0.29, 0.717) is 12.3 Å². The standard InChI is InChI=1S/C26H42O3/c1-16(2)7-6-8-17(3)19-9-10-20-23-21(12-14-25(19,20)4)26(5)13-11-18(27)15-22(26)24(28)29-23/h16-20,22,27H,6-15H2,1-5H3/t17-,18+,19-,20-,22-,25-,26-/m1/s1. The number of hydrogen-bond donors (Lipinski definition) is 1. The van der Waals surface area contributed by atoms with Gasteiger partial charge in [-0.25, -0.2) is 0 Å². The molecule has 0 spiro atoms. The smallest absolute Gasteiger partial charge is 0.315 e. The number of carbonyl (C=O) groups is 1. The van der Waals surface area contributed by atoms with Gasteiger partial charge in [0.15, 0.2) is 0 Å². The van der Waals surface area contributed by atoms with Crippen LogP contribution in [0.15, 0.2) is 11.3 Å². The van der Waals surface area contributed by atoms with Crippen LogP contribution in [0.1, 0.15) is 98.8 Å². The molecule has 29 heavy (non-hydrogen) atoms. The average molecular weight is 403 g/mol. The lowest BCUT2D eigenvalue weighted by Crippen LogP contribution is -2.50. The van der Waals surface area contributed by atoms with Crippen molar-refractivity contribution in [3.8, 4) is 0 Å². The van der Waals surface area contributed by atoms with Crippen molar-refractivity contribution in [1.82, 2.24) is 0 Å². The van der Waals surface area contributed by atoms with Crippen LogP contribution in [0.3, 0.4) is 0 Å². The normalized spacial score (nSPS) is 42.9. The Labute approximate surface area is 177 Å². The molecular formula is C26H42O3. The summed E-state index contributed by atoms with van der Waals surface area (Å²) in [4.78, 5) is 13.0. The fourth-order valence-electron chi connectivity index (χ4n) is 7.65. The predicted molar refractivity (Wildman–Crippen MR) is 116 cm³/mol. The molecule has 7 atom stereocenters. The van der Waals surface area contributed by atoms with Gasteiger partial charge in [0.2, 0.25) is 0 Å². The van der Waals surface area contributed by atoms with E-state index in [2.05, 4.69) is 34.6 Å². The zero-order valence-electron chi connectivity index (χ0n) is 19.3. The van der Waals surface area contributed by atoms with Crippen LogP contribution in [-0.2, 0) is 9.53 Å². The minimum atomic E-state index is -0.348. The molecule has 0 aromatic carbocycles. The lowest BCUT2D eigenvalue weighted by atomic mass is 9.54. The van der Waals surface area contributed by atoms with Crippen LogP contribution in [-0.4, -0.2) is 17.2 Å². The summed E-state index contributed by atoms with van der Waals surface area (Å²) in [5, 5.41) is 10.1. The summed E-state index contributed by atoms with van der Waals surface area (Å²) in [7, 11) is 0. The van der Waals surface area contributed by atoms with Crippen LogP contribution in [0.4, 0.5) is 0 Å². The molecule has 1 heterocycles. The molecule has 0 bridgehead atoms. The molecule has 0 aromatic rings. The summed E-state index contributed by atoms with van der Waals surface area (Å²) in [6.45, 7) is 11.9. The number of aliphatic hydroxyl groups is 1. The second-order valence-electron chi connectivity index (χ2n) is 11.7. The Hall–Kier alpha value is -0.830. The molecular weight excluding hydrogens is 360 g/mol. The maximum Gasteiger partial charge on any atom is 0.315 e. The third kappa shape index (κ3) is 3.50. The SMILES string of the molecule is CC(C)CCC[C@@H](C)[C@H]1CC[C@@H]2C3=C(CC[C@@]21C)[C@@]1(C)CC[C@H](O)C[C@@H]1C(=O)O3. The van der Waals surface area contributed by atoms with Crippen LogP contribution in [0.25, 0.3) is 0 Å². The molecule has 0 aromatic heterocycles. The van der Waals surface area contributed by atoms with E-state index in [-0.39, 0.29) is 28.8 Å². The second kappa shape index (κ2) is 7.70. The molecule has 1 aliphatic heterocycles. The molecule has 2 saturated carbocycles. The van der Waals surface area contributed by atoms with Crippen LogP contribution in [0, 0.1) is 40.4 Å². The highest BCUT2D eigenvalue weighted by atomic mass is 16.5. The highest BCUT2D eigenvalue weighted by Crippen LogP contribution is 2.64. The van der Waals surface area contributed by atoms with Crippen LogP contribution in [0.2, 0.25) is 0 Å². The molecule has 3 aliphatic carbocycles. The number of allylic oxidation sites excluding steroid dienone is 2. The summed E-state index contributed by atoms with van der Waals surface area (Å²) in [6, 6.07) is 0. The monoisotopic (exact) mass is 402 g/mol. The zero-order chi connectivity index (χ0) is 21.0. The Morgan fingerprint density at radius 2 is 1.83 bits per heavy atom. The Morgan fingerprint density at radius 1 is 1.07 bits per heavy atom. The van der Waals surface area contributed by atoms with Gasteiger partial charge in [-0.1, -0.05) is 53.9 Å². The number of esters is 1. The van der Waals surface area contributed by atoms with E-state index in [1.54, 1.807) is 0 Å². The van der Waals surface area contributed by atoms with Gasteiger partial charge >= 0.3 is 5.97 Å². The molecule has 2 fully saturated rings. The molecule has 0 unspecified atom stereocenters. The highest BCUT2D eigenvalue weighted by molar-refractivity contribution is 5.77. The van der Waals surface area contributed by atoms with E-state index in [4.69, 9.17) is 4.74 Å². The Kier molecular flexibility index (Phi) is 5.68. The minimum absolute atomic E-state index is 0.0670. The van der Waals surface area contributed by atoms with Crippen molar-refractivity contribution in [2.75, 3.05) is 0 Å². The van der Waals surface area contributed by atoms with Gasteiger partial charge in [0.05, 0.1) is 12.0 Å². The maximum absolute atomic E-state index is 13.0. The maximum atomic E-state index is 13.0. The fraction of sp³-hybridized carbons (Fsp3) is 0.885. The van der Waals surface area contributed by atoms with E-state index >= 15 is 0 Å². The third-order valence-corrected chi connectivity index (χ3v) is 9.52. The van der Waals surface area contributed by atoms with Gasteiger partial charge in [0.25, 0.3) is 0 Å². The minimum Gasteiger partial charge on any atom is -0.431 e. The van der Waals surface area contributed by atoms with Gasteiger partial charge in [0.1, 0.15) is 5.76 Å². The van der Waals surface area contributed by atoms with E-state index in [1.165, 1.54) is 44.1 Å². The fourth-order valence-corrected chi connectivity index (χ4v) is 7.65. The number of carbonyl (C=O) groups excluding carboxylic acids is 1. The van der Waals surface area contributed by atoms with E-state index in [9.17, 15) is 9.90 Å². The summed E-state index contributed by atoms with van der Waals surface area (Å²) >= 11 is 0. The Balaban J connectivity index is 1.57. The largest absolute Gasteiger partial charge is 0.431 e. The summed E-state index contributed by atoms with van der Waals surface area (Å²) in [5.41, 5.74) is 1.62. The number of ether oxygens (including phenoxy) is 1. The van der Waals surface area contributed by atoms with Gasteiger partial charge in [-0.05, 0) is 73.7 Å². The van der Waals surface area contributed by atoms with Crippen molar-refractivity contribution in [2.24, 2.45) is 40.4 Å². The summed E-state index contributed by atoms with van der Waals surface area (Å²) in [6.07, 6.45) is 10.7. The van der Waals surface area contributed by atoms with Gasteiger partial charge < -0.3 is 9.84 Å². The number of fused-ring (bicyclic) bond motifs is 4. The molecule has 0 radical (unpaired) electrons. The number of aliphatic hydroxyl groups excluding tert-OH is 1. The van der Waals surface area contributed by atoms with Crippen LogP contribution >= 0.6 is 0 Å². The Morgan fingerprint density at radius 3 is 2.55 bits per heavy atom. The predicted octanol–water partition coefficient (Wildman–Crippen LogP) is 6.25. The van der Waals surface area contributed by atoms with Gasteiger partial charge in [-0.2, -0.15) is 0 Å². The molecule has 0 amide bonds. The first kappa shape index (κ1) is 21.4. The molecule has 4 aliphatic rings. The van der Waals surface area contributed by atoms with E-state index < -0.39 is 0 Å². The molecule has 1 N–H and O–H groups in total. The first-order chi connectivity index (χ1) is 13.7. The zero-order valence-corrected chi connectivity index (χ0v) is 19.3. The molecule has 3 heteroatoms. The quantitative estimate of drug-likeness (QED) is 0.553. The Bertz CT molecular complexity index is 679. The van der Waals surface area contributed by atoms with Gasteiger partial charge in [-0.3, -0.25) is 4.79 Å². The van der Waals surface area contributed by atoms with Crippen molar-refractivity contribution in [1.29, 1.82) is 0 Å². The first-order valence-corrected chi connectivity index (χ1v) is 12.3. The molecule has 4 rings (SSSR count). The van der Waals surface area contributed by atoms with Crippen molar-refractivity contribution in [3.05, 3.63) is 11.3 Å². The van der Waals surface area contributed by atoms with Crippen LogP contribution < -0.4 is 0 Å². The third-order valence-electron chi connectivity index (χ3n) is 9.52. The topological polar surface area (TPSA) is 46.5 Å². The lowest BCUT2D eigenvalue weighted by Gasteiger charge is -2.53. The molecule has 164 valence electrons. The summed E-state index contributed by atoms with van der Waals surface area (Å²) < 4.78 is 6.12.